The Kier molecular flexibility index (Phi) is 56.8. The predicted molar refractivity (Wildman–Crippen MR) is 307 cm³/mol. The highest BCUT2D eigenvalue weighted by molar-refractivity contribution is 5.71. The first-order valence-electron chi connectivity index (χ1n) is 30.4. The van der Waals surface area contributed by atoms with Crippen molar-refractivity contribution < 1.29 is 28.6 Å². The van der Waals surface area contributed by atoms with Gasteiger partial charge in [0.2, 0.25) is 0 Å². The lowest BCUT2D eigenvalue weighted by atomic mass is 10.0. The quantitative estimate of drug-likeness (QED) is 0.0261. The van der Waals surface area contributed by atoms with E-state index in [0.717, 1.165) is 103 Å². The fourth-order valence-electron chi connectivity index (χ4n) is 8.64. The first-order valence-corrected chi connectivity index (χ1v) is 30.4. The van der Waals surface area contributed by atoms with Gasteiger partial charge in [0.25, 0.3) is 0 Å². The number of hydrogen-bond donors (Lipinski definition) is 0. The van der Waals surface area contributed by atoms with Gasteiger partial charge in [0.05, 0.1) is 0 Å². The number of rotatable bonds is 55. The Hall–Kier alpha value is -3.15. The first-order chi connectivity index (χ1) is 35.0. The Bertz CT molecular complexity index is 1320. The Morgan fingerprint density at radius 3 is 0.859 bits per heavy atom. The first kappa shape index (κ1) is 67.8. The SMILES string of the molecule is CC/C=C\C/C=C\C/C=C\C/C=C\CCCCCCCCC(=O)OC(COC(=O)CCCCCCCCCCC/C=C\C/C=C\CCCCCCC)COC(=O)CCCCCCCCCCCCCCC. The molecule has 0 aliphatic carbocycles. The summed E-state index contributed by atoms with van der Waals surface area (Å²) in [5, 5.41) is 0. The van der Waals surface area contributed by atoms with Crippen LogP contribution in [0.15, 0.2) is 72.9 Å². The minimum Gasteiger partial charge on any atom is -0.462 e. The molecule has 0 aliphatic heterocycles. The van der Waals surface area contributed by atoms with Gasteiger partial charge in [0.1, 0.15) is 13.2 Å². The molecule has 0 N–H and O–H groups in total. The van der Waals surface area contributed by atoms with E-state index in [0.29, 0.717) is 19.3 Å². The lowest BCUT2D eigenvalue weighted by Gasteiger charge is -2.18. The number of hydrogen-bond acceptors (Lipinski definition) is 6. The van der Waals surface area contributed by atoms with Crippen LogP contribution in [0.3, 0.4) is 0 Å². The van der Waals surface area contributed by atoms with Gasteiger partial charge in [-0.3, -0.25) is 14.4 Å². The molecule has 6 nitrogen and oxygen atoms in total. The monoisotopic (exact) mass is 991 g/mol. The molecule has 0 aromatic heterocycles. The molecule has 0 aromatic rings. The van der Waals surface area contributed by atoms with Crippen LogP contribution in [0.2, 0.25) is 0 Å². The summed E-state index contributed by atoms with van der Waals surface area (Å²) in [7, 11) is 0. The van der Waals surface area contributed by atoms with E-state index in [-0.39, 0.29) is 31.1 Å². The average molecular weight is 992 g/mol. The minimum absolute atomic E-state index is 0.0801. The highest BCUT2D eigenvalue weighted by atomic mass is 16.6. The van der Waals surface area contributed by atoms with Crippen LogP contribution in [-0.2, 0) is 28.6 Å². The van der Waals surface area contributed by atoms with Crippen LogP contribution in [0.4, 0.5) is 0 Å². The van der Waals surface area contributed by atoms with Gasteiger partial charge in [0.15, 0.2) is 6.10 Å². The van der Waals surface area contributed by atoms with Gasteiger partial charge in [-0.15, -0.1) is 0 Å². The van der Waals surface area contributed by atoms with Crippen molar-refractivity contribution in [1.82, 2.24) is 0 Å². The van der Waals surface area contributed by atoms with Gasteiger partial charge in [0, 0.05) is 19.3 Å². The Morgan fingerprint density at radius 2 is 0.549 bits per heavy atom. The summed E-state index contributed by atoms with van der Waals surface area (Å²) >= 11 is 0. The van der Waals surface area contributed by atoms with Gasteiger partial charge >= 0.3 is 17.9 Å². The maximum absolute atomic E-state index is 12.9. The Balaban J connectivity index is 4.37. The van der Waals surface area contributed by atoms with Crippen LogP contribution in [0.5, 0.6) is 0 Å². The van der Waals surface area contributed by atoms with Crippen molar-refractivity contribution in [3.63, 3.8) is 0 Å². The predicted octanol–water partition coefficient (Wildman–Crippen LogP) is 20.5. The van der Waals surface area contributed by atoms with Crippen LogP contribution in [0, 0.1) is 0 Å². The number of carbonyl (C=O) groups excluding carboxylic acids is 3. The third kappa shape index (κ3) is 57.6. The van der Waals surface area contributed by atoms with Crippen molar-refractivity contribution in [2.45, 2.75) is 309 Å². The van der Waals surface area contributed by atoms with Crippen LogP contribution in [0.25, 0.3) is 0 Å². The average Bonchev–Trinajstić information content (AvgIpc) is 3.37. The zero-order valence-electron chi connectivity index (χ0n) is 47.0. The molecule has 0 bridgehead atoms. The van der Waals surface area contributed by atoms with Crippen LogP contribution < -0.4 is 0 Å². The highest BCUT2D eigenvalue weighted by Crippen LogP contribution is 2.16. The van der Waals surface area contributed by atoms with Crippen molar-refractivity contribution >= 4 is 17.9 Å². The Labute approximate surface area is 440 Å². The van der Waals surface area contributed by atoms with Crippen LogP contribution >= 0.6 is 0 Å². The summed E-state index contributed by atoms with van der Waals surface area (Å²) < 4.78 is 16.9. The van der Waals surface area contributed by atoms with E-state index in [1.807, 2.05) is 0 Å². The molecule has 0 heterocycles. The van der Waals surface area contributed by atoms with Gasteiger partial charge in [-0.05, 0) is 89.9 Å². The summed E-state index contributed by atoms with van der Waals surface area (Å²) in [6.07, 6.45) is 76.1. The fraction of sp³-hybridized carbons (Fsp3) is 0.769. The highest BCUT2D eigenvalue weighted by Gasteiger charge is 2.19. The molecule has 410 valence electrons. The minimum atomic E-state index is -0.784. The molecule has 1 atom stereocenters. The second-order valence-corrected chi connectivity index (χ2v) is 20.2. The third-order valence-electron chi connectivity index (χ3n) is 13.2. The maximum Gasteiger partial charge on any atom is 0.306 e. The molecular weight excluding hydrogens is 877 g/mol. The molecule has 0 saturated heterocycles. The van der Waals surface area contributed by atoms with Crippen molar-refractivity contribution in [2.75, 3.05) is 13.2 Å². The molecule has 1 unspecified atom stereocenters. The standard InChI is InChI=1S/C65H114O6/c1-4-7-10-13-16-19-22-25-27-29-31-32-34-35-37-40-43-46-49-52-55-58-64(67)70-61-62(60-69-63(66)57-54-51-48-45-42-39-24-21-18-15-12-9-6-3)71-65(68)59-56-53-50-47-44-41-38-36-33-30-28-26-23-20-17-14-11-8-5-2/h8,11,17,20,22,25-26,28-29,31,33,36,62H,4-7,9-10,12-16,18-19,21,23-24,27,30,32,34-35,37-61H2,1-3H3/b11-8-,20-17-,25-22-,28-26-,31-29-,36-33-. The van der Waals surface area contributed by atoms with E-state index in [4.69, 9.17) is 14.2 Å². The number of unbranched alkanes of at least 4 members (excludes halogenated alkanes) is 32. The molecule has 0 rings (SSSR count). The molecule has 0 saturated carbocycles. The topological polar surface area (TPSA) is 78.9 Å². The van der Waals surface area contributed by atoms with Crippen LogP contribution in [-0.4, -0.2) is 37.2 Å². The van der Waals surface area contributed by atoms with E-state index in [1.165, 1.54) is 161 Å². The molecule has 6 heteroatoms. The van der Waals surface area contributed by atoms with Gasteiger partial charge in [-0.1, -0.05) is 267 Å². The molecule has 0 aromatic carbocycles. The molecule has 0 aliphatic rings. The molecule has 0 amide bonds. The van der Waals surface area contributed by atoms with Crippen molar-refractivity contribution in [1.29, 1.82) is 0 Å². The largest absolute Gasteiger partial charge is 0.462 e. The van der Waals surface area contributed by atoms with Gasteiger partial charge in [-0.25, -0.2) is 0 Å². The summed E-state index contributed by atoms with van der Waals surface area (Å²) in [4.78, 5) is 38.2. The zero-order valence-corrected chi connectivity index (χ0v) is 47.0. The number of ether oxygens (including phenoxy) is 3. The van der Waals surface area contributed by atoms with E-state index >= 15 is 0 Å². The number of esters is 3. The summed E-state index contributed by atoms with van der Waals surface area (Å²) in [6.45, 7) is 6.53. The van der Waals surface area contributed by atoms with Crippen molar-refractivity contribution in [3.8, 4) is 0 Å². The lowest BCUT2D eigenvalue weighted by molar-refractivity contribution is -0.167. The molecular formula is C65H114O6. The number of carbonyl (C=O) groups is 3. The van der Waals surface area contributed by atoms with E-state index in [2.05, 4.69) is 93.7 Å². The summed E-state index contributed by atoms with van der Waals surface area (Å²) in [5.74, 6) is -0.886. The molecule has 0 spiro atoms. The zero-order chi connectivity index (χ0) is 51.4. The molecule has 0 radical (unpaired) electrons. The summed E-state index contributed by atoms with van der Waals surface area (Å²) in [5.41, 5.74) is 0. The second-order valence-electron chi connectivity index (χ2n) is 20.2. The number of allylic oxidation sites excluding steroid dienone is 12. The lowest BCUT2D eigenvalue weighted by Crippen LogP contribution is -2.30. The summed E-state index contributed by atoms with van der Waals surface area (Å²) in [6, 6.07) is 0. The van der Waals surface area contributed by atoms with Gasteiger partial charge in [-0.2, -0.15) is 0 Å². The van der Waals surface area contributed by atoms with Gasteiger partial charge < -0.3 is 14.2 Å². The van der Waals surface area contributed by atoms with Crippen molar-refractivity contribution in [2.24, 2.45) is 0 Å². The fourth-order valence-corrected chi connectivity index (χ4v) is 8.64. The third-order valence-corrected chi connectivity index (χ3v) is 13.2. The van der Waals surface area contributed by atoms with E-state index in [1.54, 1.807) is 0 Å². The van der Waals surface area contributed by atoms with Crippen molar-refractivity contribution in [3.05, 3.63) is 72.9 Å². The second kappa shape index (κ2) is 59.4. The van der Waals surface area contributed by atoms with Crippen LogP contribution in [0.1, 0.15) is 303 Å². The Morgan fingerprint density at radius 1 is 0.296 bits per heavy atom. The molecule has 71 heavy (non-hydrogen) atoms. The smallest absolute Gasteiger partial charge is 0.306 e. The van der Waals surface area contributed by atoms with E-state index < -0.39 is 6.10 Å². The maximum atomic E-state index is 12.9. The van der Waals surface area contributed by atoms with E-state index in [9.17, 15) is 14.4 Å². The normalized spacial score (nSPS) is 12.5. The molecule has 0 fully saturated rings.